The summed E-state index contributed by atoms with van der Waals surface area (Å²) in [5.41, 5.74) is 0.859. The average molecular weight is 1240 g/mol. The molecule has 19 heteroatoms. The minimum Gasteiger partial charge on any atom is -0.488 e. The van der Waals surface area contributed by atoms with Crippen LogP contribution in [0.25, 0.3) is 0 Å². The van der Waals surface area contributed by atoms with Crippen LogP contribution in [0.3, 0.4) is 0 Å². The summed E-state index contributed by atoms with van der Waals surface area (Å²) in [6.07, 6.45) is 0.0307. The van der Waals surface area contributed by atoms with Crippen LogP contribution >= 0.6 is 0 Å². The van der Waals surface area contributed by atoms with Crippen molar-refractivity contribution in [1.29, 1.82) is 0 Å². The van der Waals surface area contributed by atoms with Crippen molar-refractivity contribution in [2.75, 3.05) is 20.7 Å². The molecule has 6 N–H and O–H groups in total. The summed E-state index contributed by atoms with van der Waals surface area (Å²) in [6, 6.07) is 28.7. The molecule has 0 bridgehead atoms. The minimum atomic E-state index is -3.08. The number of ketones is 2. The summed E-state index contributed by atoms with van der Waals surface area (Å²) in [7, 11) is -0.131. The number of benzene rings is 4. The van der Waals surface area contributed by atoms with E-state index < -0.39 is 109 Å². The second kappa shape index (κ2) is 33.3. The van der Waals surface area contributed by atoms with Gasteiger partial charge in [0.1, 0.15) is 47.3 Å². The highest BCUT2D eigenvalue weighted by atomic mass is 28.4. The molecule has 1 saturated heterocycles. The lowest BCUT2D eigenvalue weighted by atomic mass is 9.86. The van der Waals surface area contributed by atoms with Gasteiger partial charge in [0, 0.05) is 58.7 Å². The Labute approximate surface area is 529 Å². The van der Waals surface area contributed by atoms with Crippen LogP contribution in [0.4, 0.5) is 0 Å². The maximum absolute atomic E-state index is 15.5. The Morgan fingerprint density at radius 2 is 1.24 bits per heavy atom. The van der Waals surface area contributed by atoms with E-state index in [2.05, 4.69) is 76.9 Å². The molecule has 18 nitrogen and oxygen atoms in total. The van der Waals surface area contributed by atoms with Gasteiger partial charge in [0.25, 0.3) is 8.32 Å². The van der Waals surface area contributed by atoms with Gasteiger partial charge >= 0.3 is 0 Å². The molecule has 1 fully saturated rings. The van der Waals surface area contributed by atoms with Crippen LogP contribution in [0.1, 0.15) is 146 Å². The zero-order valence-corrected chi connectivity index (χ0v) is 56.0. The quantitative estimate of drug-likeness (QED) is 0.0324. The fourth-order valence-electron chi connectivity index (χ4n) is 11.6. The molecule has 0 aliphatic carbocycles. The van der Waals surface area contributed by atoms with Crippen LogP contribution in [0, 0.1) is 23.7 Å². The molecule has 1 aliphatic heterocycles. The summed E-state index contributed by atoms with van der Waals surface area (Å²) in [5, 5.41) is 19.0. The van der Waals surface area contributed by atoms with Gasteiger partial charge in [-0.2, -0.15) is 0 Å². The molecule has 4 aromatic rings. The first-order valence-corrected chi connectivity index (χ1v) is 33.5. The summed E-state index contributed by atoms with van der Waals surface area (Å²) in [4.78, 5) is 132. The number of nitrogens with one attached hydrogen (secondary N) is 6. The van der Waals surface area contributed by atoms with Gasteiger partial charge in [0.05, 0.1) is 6.04 Å². The molecule has 7 amide bonds. The van der Waals surface area contributed by atoms with E-state index in [4.69, 9.17) is 9.16 Å². The normalized spacial score (nSPS) is 21.2. The van der Waals surface area contributed by atoms with Crippen molar-refractivity contribution in [3.8, 4) is 5.75 Å². The highest BCUT2D eigenvalue weighted by Gasteiger charge is 2.50. The van der Waals surface area contributed by atoms with Crippen molar-refractivity contribution in [3.63, 3.8) is 0 Å². The minimum absolute atomic E-state index is 0.00928. The number of ether oxygens (including phenoxy) is 1. The topological polar surface area (TPSA) is 248 Å². The number of carbonyl (C=O) groups excluding carboxylic acids is 9. The lowest BCUT2D eigenvalue weighted by molar-refractivity contribution is -0.143. The summed E-state index contributed by atoms with van der Waals surface area (Å²) >= 11 is 0. The van der Waals surface area contributed by atoms with Crippen LogP contribution in [0.15, 0.2) is 115 Å². The molecule has 484 valence electrons. The third-order valence-electron chi connectivity index (χ3n) is 16.6. The van der Waals surface area contributed by atoms with E-state index in [1.807, 2.05) is 115 Å². The molecule has 0 unspecified atom stereocenters. The molecule has 0 radical (unpaired) electrons. The molecule has 0 aromatic heterocycles. The van der Waals surface area contributed by atoms with Gasteiger partial charge in [-0.1, -0.05) is 165 Å². The fraction of sp³-hybridized carbons (Fsp3) is 0.529. The Kier molecular flexibility index (Phi) is 27.1. The molecular formula is C70H99N7O11Si. The zero-order chi connectivity index (χ0) is 65.8. The van der Waals surface area contributed by atoms with Gasteiger partial charge in [-0.05, 0) is 110 Å². The Balaban J connectivity index is 1.68. The summed E-state index contributed by atoms with van der Waals surface area (Å²) < 4.78 is 13.4. The van der Waals surface area contributed by atoms with Crippen molar-refractivity contribution in [3.05, 3.63) is 126 Å². The van der Waals surface area contributed by atoms with Crippen LogP contribution in [-0.4, -0.2) is 129 Å². The molecule has 0 spiro atoms. The number of hydrogen-bond donors (Lipinski definition) is 6. The standard InChI is InChI=1S/C70H99N7O11Si/c1-15-46(4)61-59(79)41-47(5)62(76-63(81)51(42-48(6)78)35-38-60(80)71-13)67(85)73-56(40-45(2)3)65(83)72-55(32-25-39-87-89(70(10,11)12,53-28-21-17-22-29-53)54-30-23-18-24-31-54)64(82)74-57(43-49-26-19-16-20-27-49)68(86)77(14)58(66(84)75-61)44-50-33-36-52(37-34-50)88-69(7,8)9/h16-24,26-31,33-34,36-37,45-47,51,55-58,61-62H,15,25,32,35,38-44H2,1-14H3,(H,71,80)(H,72,83)(H,73,85)(H,74,82)(H,75,84)(H,76,81)/t46-,47-,51+,55-,56-,57-,58-,61-,62-/m0/s1. The number of Topliss-reactive ketones (excluding diaryl/α,β-unsaturated/α-hetero) is 2. The number of hydrogen-bond acceptors (Lipinski definition) is 11. The molecule has 5 rings (SSSR count). The van der Waals surface area contributed by atoms with Crippen molar-refractivity contribution in [2.45, 2.75) is 194 Å². The monoisotopic (exact) mass is 1240 g/mol. The molecule has 0 saturated carbocycles. The summed E-state index contributed by atoms with van der Waals surface area (Å²) in [6.45, 7) is 22.8. The first-order chi connectivity index (χ1) is 42.0. The molecule has 9 atom stereocenters. The SMILES string of the molecule is CC[C@H](C)[C@@H]1NC(=O)[C@H](Cc2ccc(OC(C)(C)C)cc2)N(C)C(=O)[C@H](Cc2ccccc2)NC(=O)[C@H](CCCO[Si](c2ccccc2)(c2ccccc2)C(C)(C)C)NC(=O)[C@H](CC(C)C)NC(=O)[C@@H](NC(=O)[C@H](CCC(=O)NC)CC(C)=O)[C@@H](C)CC1=O. The number of likely N-dealkylation sites (N-methyl/N-ethyl adjacent to an activating group) is 1. The van der Waals surface area contributed by atoms with Crippen LogP contribution in [-0.2, 0) is 60.4 Å². The second-order valence-corrected chi connectivity index (χ2v) is 30.8. The third-order valence-corrected chi connectivity index (χ3v) is 21.6. The smallest absolute Gasteiger partial charge is 0.261 e. The van der Waals surface area contributed by atoms with E-state index in [9.17, 15) is 19.2 Å². The van der Waals surface area contributed by atoms with Gasteiger partial charge in [0.15, 0.2) is 5.78 Å². The lowest BCUT2D eigenvalue weighted by Gasteiger charge is -2.43. The predicted octanol–water partition coefficient (Wildman–Crippen LogP) is 7.08. The Bertz CT molecular complexity index is 2970. The summed E-state index contributed by atoms with van der Waals surface area (Å²) in [5.74, 6) is -7.49. The van der Waals surface area contributed by atoms with E-state index in [0.29, 0.717) is 23.3 Å². The maximum atomic E-state index is 15.5. The molecule has 1 heterocycles. The van der Waals surface area contributed by atoms with Gasteiger partial charge in [-0.15, -0.1) is 0 Å². The lowest BCUT2D eigenvalue weighted by Crippen LogP contribution is -2.66. The van der Waals surface area contributed by atoms with Crippen LogP contribution in [0.2, 0.25) is 5.04 Å². The number of rotatable bonds is 23. The van der Waals surface area contributed by atoms with Crippen molar-refractivity contribution >= 4 is 71.6 Å². The number of carbonyl (C=O) groups is 9. The van der Waals surface area contributed by atoms with Crippen molar-refractivity contribution in [2.24, 2.45) is 23.7 Å². The van der Waals surface area contributed by atoms with E-state index in [0.717, 1.165) is 10.4 Å². The molecule has 89 heavy (non-hydrogen) atoms. The first kappa shape index (κ1) is 72.2. The zero-order valence-electron chi connectivity index (χ0n) is 55.0. The third kappa shape index (κ3) is 21.0. The maximum Gasteiger partial charge on any atom is 0.261 e. The van der Waals surface area contributed by atoms with Gasteiger partial charge in [-0.3, -0.25) is 38.4 Å². The fourth-order valence-corrected chi connectivity index (χ4v) is 16.2. The van der Waals surface area contributed by atoms with E-state index in [1.165, 1.54) is 25.9 Å². The van der Waals surface area contributed by atoms with E-state index >= 15 is 24.0 Å². The van der Waals surface area contributed by atoms with Crippen LogP contribution in [0.5, 0.6) is 5.75 Å². The largest absolute Gasteiger partial charge is 0.488 e. The number of nitrogens with zero attached hydrogens (tertiary/aromatic N) is 1. The van der Waals surface area contributed by atoms with Gasteiger partial charge < -0.3 is 50.8 Å². The van der Waals surface area contributed by atoms with Crippen molar-refractivity contribution < 1.29 is 52.3 Å². The Hall–Kier alpha value is -7.51. The molecular weight excluding hydrogens is 1140 g/mol. The highest BCUT2D eigenvalue weighted by molar-refractivity contribution is 6.99. The van der Waals surface area contributed by atoms with E-state index in [1.54, 1.807) is 31.2 Å². The molecule has 4 aromatic carbocycles. The predicted molar refractivity (Wildman–Crippen MR) is 349 cm³/mol. The van der Waals surface area contributed by atoms with Crippen molar-refractivity contribution in [1.82, 2.24) is 36.8 Å². The highest BCUT2D eigenvalue weighted by Crippen LogP contribution is 2.37. The first-order valence-electron chi connectivity index (χ1n) is 31.6. The van der Waals surface area contributed by atoms with Gasteiger partial charge in [0.2, 0.25) is 41.4 Å². The average Bonchev–Trinajstić information content (AvgIpc) is 0.850. The Morgan fingerprint density at radius 1 is 0.697 bits per heavy atom. The Morgan fingerprint density at radius 3 is 1.76 bits per heavy atom. The van der Waals surface area contributed by atoms with Crippen LogP contribution < -0.4 is 47.0 Å². The van der Waals surface area contributed by atoms with E-state index in [-0.39, 0.29) is 87.0 Å². The second-order valence-electron chi connectivity index (χ2n) is 26.5. The molecule has 1 aliphatic rings. The number of amides is 7. The van der Waals surface area contributed by atoms with Gasteiger partial charge in [-0.25, -0.2) is 0 Å².